The Kier molecular flexibility index (Phi) is 9.97. The van der Waals surface area contributed by atoms with Crippen LogP contribution in [0.15, 0.2) is 103 Å². The SMILES string of the molecule is C=CNCCC(CCC1=CC=NC1)C(Cc1cccc(-c2cccc(C=C)c2)c1)c1ccc(C#N)c(C(F)(F)F)c1. The number of allylic oxidation sites excluding steroid dienone is 1. The number of alkyl halides is 3. The molecule has 0 bridgehead atoms. The lowest BCUT2D eigenvalue weighted by atomic mass is 9.76. The molecule has 41 heavy (non-hydrogen) atoms. The quantitative estimate of drug-likeness (QED) is 0.215. The molecule has 3 aromatic carbocycles. The normalized spacial score (nSPS) is 14.1. The third-order valence-corrected chi connectivity index (χ3v) is 7.65. The second-order valence-corrected chi connectivity index (χ2v) is 10.3. The molecule has 2 unspecified atom stereocenters. The topological polar surface area (TPSA) is 48.2 Å². The summed E-state index contributed by atoms with van der Waals surface area (Å²) in [4.78, 5) is 4.29. The third kappa shape index (κ3) is 7.85. The smallest absolute Gasteiger partial charge is 0.391 e. The first-order chi connectivity index (χ1) is 19.8. The Morgan fingerprint density at radius 2 is 1.78 bits per heavy atom. The van der Waals surface area contributed by atoms with E-state index in [0.29, 0.717) is 25.1 Å². The van der Waals surface area contributed by atoms with Crippen molar-refractivity contribution in [2.75, 3.05) is 13.1 Å². The predicted octanol–water partition coefficient (Wildman–Crippen LogP) is 8.74. The molecule has 4 rings (SSSR count). The summed E-state index contributed by atoms with van der Waals surface area (Å²) >= 11 is 0. The number of halogens is 3. The van der Waals surface area contributed by atoms with Crippen molar-refractivity contribution >= 4 is 12.3 Å². The minimum Gasteiger partial charge on any atom is -0.391 e. The molecule has 0 radical (unpaired) electrons. The van der Waals surface area contributed by atoms with E-state index in [-0.39, 0.29) is 17.4 Å². The molecule has 0 saturated heterocycles. The van der Waals surface area contributed by atoms with Crippen molar-refractivity contribution in [2.24, 2.45) is 10.9 Å². The van der Waals surface area contributed by atoms with Gasteiger partial charge >= 0.3 is 6.18 Å². The zero-order valence-corrected chi connectivity index (χ0v) is 23.0. The van der Waals surface area contributed by atoms with Crippen LogP contribution in [0.1, 0.15) is 53.0 Å². The van der Waals surface area contributed by atoms with Gasteiger partial charge in [-0.25, -0.2) is 0 Å². The van der Waals surface area contributed by atoms with Crippen LogP contribution in [-0.2, 0) is 12.6 Å². The van der Waals surface area contributed by atoms with Crippen molar-refractivity contribution in [3.05, 3.63) is 126 Å². The predicted molar refractivity (Wildman–Crippen MR) is 162 cm³/mol. The Labute approximate surface area is 240 Å². The van der Waals surface area contributed by atoms with Gasteiger partial charge in [-0.3, -0.25) is 4.99 Å². The molecular formula is C35H34F3N3. The molecule has 0 aromatic heterocycles. The van der Waals surface area contributed by atoms with Crippen molar-refractivity contribution in [3.63, 3.8) is 0 Å². The molecule has 2 atom stereocenters. The lowest BCUT2D eigenvalue weighted by Crippen LogP contribution is -2.22. The van der Waals surface area contributed by atoms with Gasteiger partial charge in [-0.05, 0) is 101 Å². The fourth-order valence-electron chi connectivity index (χ4n) is 5.49. The molecule has 1 aliphatic heterocycles. The molecule has 6 heteroatoms. The number of rotatable bonds is 13. The minimum atomic E-state index is -4.62. The summed E-state index contributed by atoms with van der Waals surface area (Å²) < 4.78 is 42.0. The molecule has 3 aromatic rings. The van der Waals surface area contributed by atoms with E-state index < -0.39 is 11.7 Å². The average molecular weight is 554 g/mol. The molecule has 1 heterocycles. The number of nitriles is 1. The molecule has 1 N–H and O–H groups in total. The molecule has 0 saturated carbocycles. The van der Waals surface area contributed by atoms with Crippen LogP contribution in [0.25, 0.3) is 17.2 Å². The van der Waals surface area contributed by atoms with Crippen molar-refractivity contribution < 1.29 is 13.2 Å². The maximum Gasteiger partial charge on any atom is 0.417 e. The number of aliphatic imine (C=N–C) groups is 1. The second-order valence-electron chi connectivity index (χ2n) is 10.3. The van der Waals surface area contributed by atoms with Crippen LogP contribution < -0.4 is 5.32 Å². The maximum atomic E-state index is 14.0. The Bertz CT molecular complexity index is 1480. The van der Waals surface area contributed by atoms with Gasteiger partial charge in [0.05, 0.1) is 23.7 Å². The number of nitrogens with zero attached hydrogens (tertiary/aromatic N) is 2. The number of nitrogens with one attached hydrogen (secondary N) is 1. The van der Waals surface area contributed by atoms with Crippen LogP contribution in [0.4, 0.5) is 13.2 Å². The van der Waals surface area contributed by atoms with Crippen LogP contribution in [0.5, 0.6) is 0 Å². The lowest BCUT2D eigenvalue weighted by molar-refractivity contribution is -0.137. The van der Waals surface area contributed by atoms with Gasteiger partial charge in [0.1, 0.15) is 0 Å². The highest BCUT2D eigenvalue weighted by atomic mass is 19.4. The van der Waals surface area contributed by atoms with Gasteiger partial charge in [0, 0.05) is 12.8 Å². The monoisotopic (exact) mass is 553 g/mol. The highest BCUT2D eigenvalue weighted by molar-refractivity contribution is 5.75. The van der Waals surface area contributed by atoms with E-state index in [1.807, 2.05) is 48.7 Å². The molecule has 0 spiro atoms. The third-order valence-electron chi connectivity index (χ3n) is 7.65. The zero-order valence-electron chi connectivity index (χ0n) is 23.0. The van der Waals surface area contributed by atoms with Gasteiger partial charge in [-0.1, -0.05) is 67.8 Å². The molecule has 0 amide bonds. The molecule has 210 valence electrons. The molecule has 1 aliphatic rings. The highest BCUT2D eigenvalue weighted by Gasteiger charge is 2.35. The van der Waals surface area contributed by atoms with Crippen molar-refractivity contribution in [1.29, 1.82) is 5.26 Å². The van der Waals surface area contributed by atoms with Gasteiger partial charge in [-0.15, -0.1) is 0 Å². The second kappa shape index (κ2) is 13.8. The van der Waals surface area contributed by atoms with E-state index in [1.165, 1.54) is 17.7 Å². The first-order valence-corrected chi connectivity index (χ1v) is 13.8. The largest absolute Gasteiger partial charge is 0.417 e. The molecule has 0 fully saturated rings. The van der Waals surface area contributed by atoms with E-state index >= 15 is 0 Å². The first-order valence-electron chi connectivity index (χ1n) is 13.8. The van der Waals surface area contributed by atoms with Crippen LogP contribution >= 0.6 is 0 Å². The number of hydrogen-bond acceptors (Lipinski definition) is 3. The van der Waals surface area contributed by atoms with Crippen molar-refractivity contribution in [1.82, 2.24) is 5.32 Å². The Morgan fingerprint density at radius 1 is 1.00 bits per heavy atom. The van der Waals surface area contributed by atoms with Crippen LogP contribution in [0, 0.1) is 17.2 Å². The van der Waals surface area contributed by atoms with E-state index in [2.05, 4.69) is 35.6 Å². The number of hydrogen-bond donors (Lipinski definition) is 1. The summed E-state index contributed by atoms with van der Waals surface area (Å²) in [6.45, 7) is 8.95. The maximum absolute atomic E-state index is 14.0. The van der Waals surface area contributed by atoms with Gasteiger partial charge in [0.25, 0.3) is 0 Å². The molecule has 0 aliphatic carbocycles. The standard InChI is InChI=1S/C35H34F3N3/c1-3-25-7-5-9-29(19-25)30-10-6-8-27(20-30)21-33(31-13-14-32(23-39)34(22-31)35(36,37)38)28(16-18-40-4-2)12-11-26-15-17-41-24-26/h3-10,13-15,17,19-20,22,28,33,40H,1-2,11-12,16,18,21,24H2. The first kappa shape index (κ1) is 29.6. The zero-order chi connectivity index (χ0) is 29.2. The Balaban J connectivity index is 1.74. The summed E-state index contributed by atoms with van der Waals surface area (Å²) in [7, 11) is 0. The van der Waals surface area contributed by atoms with Gasteiger partial charge < -0.3 is 5.32 Å². The van der Waals surface area contributed by atoms with E-state index in [4.69, 9.17) is 0 Å². The fourth-order valence-corrected chi connectivity index (χ4v) is 5.49. The van der Waals surface area contributed by atoms with Crippen molar-refractivity contribution in [3.8, 4) is 17.2 Å². The summed E-state index contributed by atoms with van der Waals surface area (Å²) in [5.41, 5.74) is 4.73. The van der Waals surface area contributed by atoms with E-state index in [9.17, 15) is 18.4 Å². The van der Waals surface area contributed by atoms with E-state index in [0.717, 1.165) is 41.5 Å². The lowest BCUT2D eigenvalue weighted by Gasteiger charge is -2.29. The summed E-state index contributed by atoms with van der Waals surface area (Å²) in [6, 6.07) is 22.2. The molecule has 3 nitrogen and oxygen atoms in total. The summed E-state index contributed by atoms with van der Waals surface area (Å²) in [6.07, 6.45) is 5.62. The summed E-state index contributed by atoms with van der Waals surface area (Å²) in [5, 5.41) is 12.6. The average Bonchev–Trinajstić information content (AvgIpc) is 3.51. The van der Waals surface area contributed by atoms with E-state index in [1.54, 1.807) is 24.4 Å². The highest BCUT2D eigenvalue weighted by Crippen LogP contribution is 2.39. The minimum absolute atomic E-state index is 0.0747. The van der Waals surface area contributed by atoms with Gasteiger partial charge in [0.15, 0.2) is 0 Å². The fraction of sp³-hybridized carbons (Fsp3) is 0.257. The van der Waals surface area contributed by atoms with Crippen LogP contribution in [0.3, 0.4) is 0 Å². The van der Waals surface area contributed by atoms with Gasteiger partial charge in [-0.2, -0.15) is 18.4 Å². The summed E-state index contributed by atoms with van der Waals surface area (Å²) in [5.74, 6) is -0.126. The Hall–Kier alpha value is -4.37. The van der Waals surface area contributed by atoms with Crippen LogP contribution in [0.2, 0.25) is 0 Å². The number of benzene rings is 3. The van der Waals surface area contributed by atoms with Crippen LogP contribution in [-0.4, -0.2) is 19.3 Å². The Morgan fingerprint density at radius 3 is 2.46 bits per heavy atom. The van der Waals surface area contributed by atoms with Crippen molar-refractivity contribution in [2.45, 2.75) is 37.8 Å². The van der Waals surface area contributed by atoms with Gasteiger partial charge in [0.2, 0.25) is 0 Å². The molecular weight excluding hydrogens is 519 g/mol.